The summed E-state index contributed by atoms with van der Waals surface area (Å²) in [5, 5.41) is 0. The maximum absolute atomic E-state index is 6.75. The molecule has 0 heterocycles. The highest BCUT2D eigenvalue weighted by atomic mass is 16.4. The van der Waals surface area contributed by atoms with Gasteiger partial charge in [0, 0.05) is 0 Å². The van der Waals surface area contributed by atoms with Crippen LogP contribution in [0, 0.1) is 46.3 Å². The second-order valence-corrected chi connectivity index (χ2v) is 12.4. The molecule has 6 aliphatic carbocycles. The molecule has 8 atom stereocenters. The molecular formula is C25H44BO-. The number of allylic oxidation sites excluding steroid dienone is 2. The van der Waals surface area contributed by atoms with Gasteiger partial charge in [0.15, 0.2) is 0 Å². The van der Waals surface area contributed by atoms with Crippen LogP contribution in [0.5, 0.6) is 0 Å². The Hall–Kier alpha value is -0.235. The lowest BCUT2D eigenvalue weighted by Gasteiger charge is -2.72. The van der Waals surface area contributed by atoms with Crippen molar-refractivity contribution in [3.8, 4) is 0 Å². The molecule has 0 amide bonds. The zero-order valence-corrected chi connectivity index (χ0v) is 19.3. The fourth-order valence-corrected chi connectivity index (χ4v) is 9.33. The summed E-state index contributed by atoms with van der Waals surface area (Å²) in [6.45, 7) is 17.5. The lowest BCUT2D eigenvalue weighted by Crippen LogP contribution is -2.65. The zero-order valence-electron chi connectivity index (χ0n) is 19.3. The Morgan fingerprint density at radius 2 is 1.30 bits per heavy atom. The van der Waals surface area contributed by atoms with Gasteiger partial charge in [0.25, 0.3) is 0 Å². The topological polar surface area (TPSA) is 9.23 Å². The van der Waals surface area contributed by atoms with Gasteiger partial charge in [0.1, 0.15) is 6.35 Å². The van der Waals surface area contributed by atoms with E-state index in [0.29, 0.717) is 10.8 Å². The molecule has 4 bridgehead atoms. The summed E-state index contributed by atoms with van der Waals surface area (Å²) in [6.07, 6.45) is 10.9. The fraction of sp³-hybridized carbons (Fsp3) is 0.920. The van der Waals surface area contributed by atoms with Crippen molar-refractivity contribution >= 4 is 6.35 Å². The van der Waals surface area contributed by atoms with Gasteiger partial charge < -0.3 is 4.65 Å². The minimum absolute atomic E-state index is 0.564. The third-order valence-electron chi connectivity index (χ3n) is 11.5. The van der Waals surface area contributed by atoms with Crippen LogP contribution in [0.3, 0.4) is 0 Å². The average molecular weight is 371 g/mol. The lowest BCUT2D eigenvalue weighted by atomic mass is 9.15. The van der Waals surface area contributed by atoms with E-state index in [4.69, 9.17) is 4.65 Å². The Kier molecular flexibility index (Phi) is 4.74. The third kappa shape index (κ3) is 2.53. The molecule has 0 aromatic heterocycles. The van der Waals surface area contributed by atoms with E-state index in [0.717, 1.165) is 47.1 Å². The first-order chi connectivity index (χ1) is 12.6. The van der Waals surface area contributed by atoms with E-state index in [9.17, 15) is 0 Å². The van der Waals surface area contributed by atoms with Crippen molar-refractivity contribution < 1.29 is 4.65 Å². The summed E-state index contributed by atoms with van der Waals surface area (Å²) in [7, 11) is 2.07. The molecule has 0 unspecified atom stereocenters. The van der Waals surface area contributed by atoms with Gasteiger partial charge in [-0.2, -0.15) is 0 Å². The van der Waals surface area contributed by atoms with Crippen molar-refractivity contribution in [2.24, 2.45) is 46.3 Å². The van der Waals surface area contributed by atoms with Gasteiger partial charge in [0.2, 0.25) is 0 Å². The summed E-state index contributed by atoms with van der Waals surface area (Å²) in [5.74, 6) is 6.88. The highest BCUT2D eigenvalue weighted by molar-refractivity contribution is 6.77. The Labute approximate surface area is 169 Å². The van der Waals surface area contributed by atoms with Gasteiger partial charge in [-0.25, -0.2) is 0 Å². The van der Waals surface area contributed by atoms with Crippen LogP contribution in [-0.2, 0) is 4.65 Å². The van der Waals surface area contributed by atoms with Crippen LogP contribution in [0.1, 0.15) is 74.1 Å². The van der Waals surface area contributed by atoms with Crippen LogP contribution in [0.15, 0.2) is 12.2 Å². The number of hydrogen-bond acceptors (Lipinski definition) is 1. The van der Waals surface area contributed by atoms with E-state index < -0.39 is 6.35 Å². The smallest absolute Gasteiger partial charge is 0.123 e. The van der Waals surface area contributed by atoms with E-state index >= 15 is 0 Å². The molecule has 6 saturated carbocycles. The van der Waals surface area contributed by atoms with Gasteiger partial charge in [-0.05, 0) is 61.4 Å². The highest BCUT2D eigenvalue weighted by Gasteiger charge is 2.63. The van der Waals surface area contributed by atoms with Crippen molar-refractivity contribution in [2.75, 3.05) is 7.11 Å². The molecule has 0 aliphatic heterocycles. The van der Waals surface area contributed by atoms with Gasteiger partial charge in [0.05, 0.1) is 0 Å². The molecule has 2 heteroatoms. The molecule has 0 N–H and O–H groups in total. The van der Waals surface area contributed by atoms with Crippen LogP contribution in [0.25, 0.3) is 0 Å². The van der Waals surface area contributed by atoms with Crippen molar-refractivity contribution in [3.05, 3.63) is 12.2 Å². The molecule has 0 aromatic rings. The summed E-state index contributed by atoms with van der Waals surface area (Å²) in [6, 6.07) is 0. The van der Waals surface area contributed by atoms with Crippen molar-refractivity contribution in [3.63, 3.8) is 0 Å². The standard InChI is InChI=1S/C25H44BO/c1-9-10-11-26(27-8,22-14-18-12-20(16(22)2)24(18,4)5)23-15-19-13-21(17(23)3)25(19,6)7/h9-10,16-23H,11-15H2,1-8H3/q-1/b10-9-/t16-,17-,18+,19+,20-,21-,22-,23-/m1/s1. The van der Waals surface area contributed by atoms with Gasteiger partial charge in [-0.3, -0.25) is 0 Å². The Morgan fingerprint density at radius 3 is 1.59 bits per heavy atom. The van der Waals surface area contributed by atoms with Crippen molar-refractivity contribution in [2.45, 2.75) is 92.1 Å². The summed E-state index contributed by atoms with van der Waals surface area (Å²) in [4.78, 5) is 0. The Bertz CT molecular complexity index is 563. The van der Waals surface area contributed by atoms with E-state index in [1.807, 2.05) is 0 Å². The average Bonchev–Trinajstić information content (AvgIpc) is 2.63. The Morgan fingerprint density at radius 1 is 0.852 bits per heavy atom. The van der Waals surface area contributed by atoms with Crippen LogP contribution < -0.4 is 0 Å². The van der Waals surface area contributed by atoms with Crippen molar-refractivity contribution in [1.29, 1.82) is 0 Å². The second-order valence-electron chi connectivity index (χ2n) is 12.4. The van der Waals surface area contributed by atoms with E-state index in [-0.39, 0.29) is 0 Å². The molecule has 154 valence electrons. The maximum atomic E-state index is 6.75. The largest absolute Gasteiger partial charge is 0.592 e. The zero-order chi connectivity index (χ0) is 19.8. The molecule has 0 spiro atoms. The number of hydrogen-bond donors (Lipinski definition) is 0. The molecule has 6 rings (SSSR count). The maximum Gasteiger partial charge on any atom is 0.123 e. The molecule has 27 heavy (non-hydrogen) atoms. The van der Waals surface area contributed by atoms with Gasteiger partial charge in [-0.15, -0.1) is 24.0 Å². The van der Waals surface area contributed by atoms with Crippen molar-refractivity contribution in [1.82, 2.24) is 0 Å². The first-order valence-corrected chi connectivity index (χ1v) is 11.9. The molecule has 6 fully saturated rings. The predicted molar refractivity (Wildman–Crippen MR) is 118 cm³/mol. The highest BCUT2D eigenvalue weighted by Crippen LogP contribution is 2.72. The minimum atomic E-state index is -0.806. The second kappa shape index (κ2) is 6.38. The van der Waals surface area contributed by atoms with E-state index in [2.05, 4.69) is 67.7 Å². The quantitative estimate of drug-likeness (QED) is 0.364. The first-order valence-electron chi connectivity index (χ1n) is 11.9. The normalized spacial score (nSPS) is 47.4. The molecule has 0 saturated heterocycles. The monoisotopic (exact) mass is 371 g/mol. The minimum Gasteiger partial charge on any atom is -0.592 e. The fourth-order valence-electron chi connectivity index (χ4n) is 9.33. The molecule has 0 aromatic carbocycles. The summed E-state index contributed by atoms with van der Waals surface area (Å²) >= 11 is 0. The van der Waals surface area contributed by atoms with Crippen LogP contribution in [0.2, 0.25) is 18.0 Å². The first kappa shape index (κ1) is 20.1. The SMILES string of the molecule is C/C=C\C[B-](OC)([C@@H]1C[C@@H]2C[C@H]([C@H]1C)C2(C)C)[C@@H]1C[C@@H]2C[C@H]([C@H]1C)C2(C)C. The molecule has 0 radical (unpaired) electrons. The number of fused-ring (bicyclic) bond motifs is 4. The van der Waals surface area contributed by atoms with E-state index in [1.165, 1.54) is 32.0 Å². The molecule has 6 aliphatic rings. The van der Waals surface area contributed by atoms with Gasteiger partial charge in [-0.1, -0.05) is 72.3 Å². The third-order valence-corrected chi connectivity index (χ3v) is 11.5. The summed E-state index contributed by atoms with van der Waals surface area (Å²) < 4.78 is 6.75. The molecule has 1 nitrogen and oxygen atoms in total. The molecular weight excluding hydrogens is 327 g/mol. The Balaban J connectivity index is 1.67. The van der Waals surface area contributed by atoms with Crippen LogP contribution in [0.4, 0.5) is 0 Å². The lowest BCUT2D eigenvalue weighted by molar-refractivity contribution is -0.113. The van der Waals surface area contributed by atoms with E-state index in [1.54, 1.807) is 0 Å². The predicted octanol–water partition coefficient (Wildman–Crippen LogP) is 7.30. The van der Waals surface area contributed by atoms with Gasteiger partial charge >= 0.3 is 0 Å². The summed E-state index contributed by atoms with van der Waals surface area (Å²) in [5.41, 5.74) is 1.13. The van der Waals surface area contributed by atoms with Crippen LogP contribution in [-0.4, -0.2) is 13.5 Å². The van der Waals surface area contributed by atoms with Crippen LogP contribution >= 0.6 is 0 Å². The number of rotatable bonds is 5.